The predicted molar refractivity (Wildman–Crippen MR) is 74.6 cm³/mol. The number of carbonyl (C=O) groups is 1. The molecule has 1 unspecified atom stereocenters. The van der Waals surface area contributed by atoms with Crippen molar-refractivity contribution < 1.29 is 4.79 Å². The van der Waals surface area contributed by atoms with E-state index in [0.717, 1.165) is 18.5 Å². The van der Waals surface area contributed by atoms with E-state index in [0.29, 0.717) is 6.54 Å². The summed E-state index contributed by atoms with van der Waals surface area (Å²) in [6.45, 7) is 7.06. The minimum atomic E-state index is 0.0257. The molecular formula is C15H22N2O. The number of fused-ring (bicyclic) bond motifs is 1. The number of rotatable bonds is 2. The van der Waals surface area contributed by atoms with Crippen LogP contribution in [0.1, 0.15) is 38.3 Å². The van der Waals surface area contributed by atoms with Gasteiger partial charge < -0.3 is 11.1 Å². The first-order valence-electron chi connectivity index (χ1n) is 6.57. The van der Waals surface area contributed by atoms with E-state index in [1.165, 1.54) is 11.1 Å². The summed E-state index contributed by atoms with van der Waals surface area (Å²) in [4.78, 5) is 12.1. The van der Waals surface area contributed by atoms with Gasteiger partial charge in [-0.1, -0.05) is 39.0 Å². The van der Waals surface area contributed by atoms with E-state index in [2.05, 4.69) is 44.3 Å². The van der Waals surface area contributed by atoms with Crippen LogP contribution in [-0.4, -0.2) is 12.5 Å². The van der Waals surface area contributed by atoms with Crippen LogP contribution in [0.25, 0.3) is 0 Å². The molecular weight excluding hydrogens is 224 g/mol. The Morgan fingerprint density at radius 2 is 2.11 bits per heavy atom. The van der Waals surface area contributed by atoms with E-state index >= 15 is 0 Å². The number of hydrogen-bond donors (Lipinski definition) is 2. The maximum atomic E-state index is 12.1. The van der Waals surface area contributed by atoms with Crippen molar-refractivity contribution in [1.29, 1.82) is 0 Å². The number of nitrogens with one attached hydrogen (secondary N) is 1. The van der Waals surface area contributed by atoms with Crippen molar-refractivity contribution in [1.82, 2.24) is 0 Å². The minimum Gasteiger partial charge on any atom is -0.330 e. The van der Waals surface area contributed by atoms with Crippen LogP contribution in [0.5, 0.6) is 0 Å². The molecule has 1 heterocycles. The average molecular weight is 246 g/mol. The molecule has 98 valence electrons. The highest BCUT2D eigenvalue weighted by atomic mass is 16.1. The number of anilines is 1. The van der Waals surface area contributed by atoms with E-state index in [-0.39, 0.29) is 17.2 Å². The molecule has 0 bridgehead atoms. The number of nitrogens with two attached hydrogens (primary N) is 1. The maximum Gasteiger partial charge on any atom is 0.227 e. The largest absolute Gasteiger partial charge is 0.330 e. The van der Waals surface area contributed by atoms with E-state index in [1.807, 2.05) is 0 Å². The Kier molecular flexibility index (Phi) is 3.44. The highest BCUT2D eigenvalue weighted by Crippen LogP contribution is 2.36. The molecule has 18 heavy (non-hydrogen) atoms. The Morgan fingerprint density at radius 3 is 2.72 bits per heavy atom. The molecule has 1 aromatic rings. The molecule has 3 N–H and O–H groups in total. The molecule has 0 saturated heterocycles. The molecule has 0 saturated carbocycles. The fraction of sp³-hybridized carbons (Fsp3) is 0.533. The van der Waals surface area contributed by atoms with Gasteiger partial charge in [0.05, 0.1) is 0 Å². The molecule has 1 aromatic carbocycles. The molecule has 2 rings (SSSR count). The van der Waals surface area contributed by atoms with Gasteiger partial charge in [-0.2, -0.15) is 0 Å². The van der Waals surface area contributed by atoms with Crippen LogP contribution in [0.2, 0.25) is 0 Å². The lowest BCUT2D eigenvalue weighted by atomic mass is 9.81. The van der Waals surface area contributed by atoms with E-state index < -0.39 is 0 Å². The standard InChI is InChI=1S/C15H22N2O/c1-15(2,3)12-6-4-5-10-9-11(7-8-16)14(18)17-13(10)12/h4-6,11H,7-9,16H2,1-3H3,(H,17,18). The average Bonchev–Trinajstić information content (AvgIpc) is 2.28. The lowest BCUT2D eigenvalue weighted by molar-refractivity contribution is -0.120. The fourth-order valence-electron chi connectivity index (χ4n) is 2.56. The molecule has 3 heteroatoms. The zero-order valence-electron chi connectivity index (χ0n) is 11.4. The van der Waals surface area contributed by atoms with Crippen molar-refractivity contribution in [2.45, 2.75) is 39.0 Å². The summed E-state index contributed by atoms with van der Waals surface area (Å²) >= 11 is 0. The van der Waals surface area contributed by atoms with Crippen LogP contribution < -0.4 is 11.1 Å². The molecule has 0 aliphatic carbocycles. The molecule has 1 aliphatic heterocycles. The van der Waals surface area contributed by atoms with E-state index in [4.69, 9.17) is 5.73 Å². The van der Waals surface area contributed by atoms with Gasteiger partial charge in [0.15, 0.2) is 0 Å². The summed E-state index contributed by atoms with van der Waals surface area (Å²) in [6, 6.07) is 6.28. The smallest absolute Gasteiger partial charge is 0.227 e. The second-order valence-electron chi connectivity index (χ2n) is 6.06. The van der Waals surface area contributed by atoms with Crippen molar-refractivity contribution in [3.05, 3.63) is 29.3 Å². The quantitative estimate of drug-likeness (QED) is 0.842. The van der Waals surface area contributed by atoms with Crippen LogP contribution in [0.15, 0.2) is 18.2 Å². The zero-order valence-corrected chi connectivity index (χ0v) is 11.4. The van der Waals surface area contributed by atoms with Gasteiger partial charge in [-0.25, -0.2) is 0 Å². The summed E-state index contributed by atoms with van der Waals surface area (Å²) < 4.78 is 0. The van der Waals surface area contributed by atoms with Gasteiger partial charge in [-0.15, -0.1) is 0 Å². The normalized spacial score (nSPS) is 19.3. The van der Waals surface area contributed by atoms with E-state index in [1.54, 1.807) is 0 Å². The number of para-hydroxylation sites is 1. The topological polar surface area (TPSA) is 55.1 Å². The Balaban J connectivity index is 2.39. The second-order valence-corrected chi connectivity index (χ2v) is 6.06. The van der Waals surface area contributed by atoms with Gasteiger partial charge in [0.25, 0.3) is 0 Å². The summed E-state index contributed by atoms with van der Waals surface area (Å²) in [5.41, 5.74) is 9.06. The predicted octanol–water partition coefficient (Wildman–Crippen LogP) is 2.44. The third-order valence-corrected chi connectivity index (χ3v) is 3.56. The molecule has 0 fully saturated rings. The highest BCUT2D eigenvalue weighted by Gasteiger charge is 2.29. The molecule has 1 aliphatic rings. The first kappa shape index (κ1) is 13.1. The van der Waals surface area contributed by atoms with Crippen molar-refractivity contribution in [2.75, 3.05) is 11.9 Å². The molecule has 0 radical (unpaired) electrons. The van der Waals surface area contributed by atoms with Gasteiger partial charge >= 0.3 is 0 Å². The Bertz CT molecular complexity index is 460. The van der Waals surface area contributed by atoms with Gasteiger partial charge in [0.2, 0.25) is 5.91 Å². The summed E-state index contributed by atoms with van der Waals surface area (Å²) in [6.07, 6.45) is 1.56. The van der Waals surface area contributed by atoms with Crippen molar-refractivity contribution in [2.24, 2.45) is 11.7 Å². The number of hydrogen-bond acceptors (Lipinski definition) is 2. The maximum absolute atomic E-state index is 12.1. The summed E-state index contributed by atoms with van der Waals surface area (Å²) in [5.74, 6) is 0.141. The van der Waals surface area contributed by atoms with Gasteiger partial charge in [-0.3, -0.25) is 4.79 Å². The first-order chi connectivity index (χ1) is 8.43. The molecule has 1 atom stereocenters. The van der Waals surface area contributed by atoms with Crippen LogP contribution in [-0.2, 0) is 16.6 Å². The molecule has 3 nitrogen and oxygen atoms in total. The molecule has 0 spiro atoms. The van der Waals surface area contributed by atoms with Gasteiger partial charge in [0.1, 0.15) is 0 Å². The highest BCUT2D eigenvalue weighted by molar-refractivity contribution is 5.96. The Morgan fingerprint density at radius 1 is 1.39 bits per heavy atom. The van der Waals surface area contributed by atoms with Crippen LogP contribution in [0, 0.1) is 5.92 Å². The third kappa shape index (κ3) is 2.41. The van der Waals surface area contributed by atoms with Crippen LogP contribution in [0.3, 0.4) is 0 Å². The van der Waals surface area contributed by atoms with Gasteiger partial charge in [0, 0.05) is 11.6 Å². The fourth-order valence-corrected chi connectivity index (χ4v) is 2.56. The lowest BCUT2D eigenvalue weighted by Gasteiger charge is -2.30. The number of amides is 1. The van der Waals surface area contributed by atoms with Crippen molar-refractivity contribution in [3.8, 4) is 0 Å². The van der Waals surface area contributed by atoms with E-state index in [9.17, 15) is 4.79 Å². The minimum absolute atomic E-state index is 0.0257. The van der Waals surface area contributed by atoms with Crippen molar-refractivity contribution in [3.63, 3.8) is 0 Å². The number of benzene rings is 1. The lowest BCUT2D eigenvalue weighted by Crippen LogP contribution is -2.33. The monoisotopic (exact) mass is 246 g/mol. The first-order valence-corrected chi connectivity index (χ1v) is 6.57. The van der Waals surface area contributed by atoms with Gasteiger partial charge in [-0.05, 0) is 35.9 Å². The Labute approximate surface area is 109 Å². The zero-order chi connectivity index (χ0) is 13.3. The Hall–Kier alpha value is -1.35. The third-order valence-electron chi connectivity index (χ3n) is 3.56. The second kappa shape index (κ2) is 4.73. The molecule has 0 aromatic heterocycles. The molecule has 1 amide bonds. The summed E-state index contributed by atoms with van der Waals surface area (Å²) in [5, 5.41) is 3.08. The van der Waals surface area contributed by atoms with Crippen LogP contribution in [0.4, 0.5) is 5.69 Å². The summed E-state index contributed by atoms with van der Waals surface area (Å²) in [7, 11) is 0. The van der Waals surface area contributed by atoms with Crippen molar-refractivity contribution >= 4 is 11.6 Å². The van der Waals surface area contributed by atoms with Crippen LogP contribution >= 0.6 is 0 Å². The number of carbonyl (C=O) groups excluding carboxylic acids is 1. The SMILES string of the molecule is CC(C)(C)c1cccc2c1NC(=O)C(CCN)C2.